The number of pyridine rings is 1. The Morgan fingerprint density at radius 2 is 1.97 bits per heavy atom. The Hall–Kier alpha value is -3.38. The lowest BCUT2D eigenvalue weighted by Crippen LogP contribution is -2.37. The number of amides is 1. The van der Waals surface area contributed by atoms with Crippen LogP contribution >= 0.6 is 23.2 Å². The minimum Gasteiger partial charge on any atom is -0.461 e. The topological polar surface area (TPSA) is 135 Å². The first-order valence-electron chi connectivity index (χ1n) is 9.89. The third kappa shape index (κ3) is 5.39. The smallest absolute Gasteiger partial charge is 0.269 e. The van der Waals surface area contributed by atoms with Crippen molar-refractivity contribution in [3.05, 3.63) is 58.6 Å². The number of ether oxygens (including phenoxy) is 2. The zero-order valence-electron chi connectivity index (χ0n) is 17.3. The number of hydrogen-bond acceptors (Lipinski definition) is 8. The molecule has 0 bridgehead atoms. The second-order valence-electron chi connectivity index (χ2n) is 6.84. The summed E-state index contributed by atoms with van der Waals surface area (Å²) >= 11 is 12.6. The van der Waals surface area contributed by atoms with E-state index in [1.54, 1.807) is 18.2 Å². The van der Waals surface area contributed by atoms with Gasteiger partial charge in [0.2, 0.25) is 12.0 Å². The van der Waals surface area contributed by atoms with Crippen LogP contribution in [0.25, 0.3) is 22.4 Å². The summed E-state index contributed by atoms with van der Waals surface area (Å²) in [5, 5.41) is 19.3. The fraction of sp³-hybridized carbons (Fsp3) is 0.190. The number of carbonyl (C=O) groups is 1. The molecule has 4 rings (SSSR count). The van der Waals surface area contributed by atoms with E-state index >= 15 is 0 Å². The molecule has 3 heterocycles. The molecule has 0 fully saturated rings. The van der Waals surface area contributed by atoms with E-state index in [0.717, 1.165) is 12.3 Å². The van der Waals surface area contributed by atoms with Gasteiger partial charge < -0.3 is 19.9 Å². The lowest BCUT2D eigenvalue weighted by Gasteiger charge is -2.19. The van der Waals surface area contributed by atoms with Gasteiger partial charge in [0.15, 0.2) is 11.5 Å². The molecule has 3 aromatic heterocycles. The molecule has 0 aliphatic rings. The third-order valence-electron chi connectivity index (χ3n) is 4.49. The molecule has 0 saturated heterocycles. The number of carbonyl (C=O) groups excluding carboxylic acids is 1. The average Bonchev–Trinajstić information content (AvgIpc) is 3.29. The first-order valence-corrected chi connectivity index (χ1v) is 10.6. The van der Waals surface area contributed by atoms with E-state index in [-0.39, 0.29) is 37.3 Å². The maximum Gasteiger partial charge on any atom is 0.269 e. The quantitative estimate of drug-likeness (QED) is 0.294. The number of hydrogen-bond donors (Lipinski definition) is 3. The van der Waals surface area contributed by atoms with Gasteiger partial charge >= 0.3 is 0 Å². The van der Waals surface area contributed by atoms with Gasteiger partial charge in [0.05, 0.1) is 47.8 Å². The lowest BCUT2D eigenvalue weighted by molar-refractivity contribution is -0.125. The van der Waals surface area contributed by atoms with Gasteiger partial charge in [0.1, 0.15) is 17.0 Å². The molecular formula is C21H17Cl2FN6O4. The summed E-state index contributed by atoms with van der Waals surface area (Å²) in [4.78, 5) is 25.5. The molecule has 0 saturated carbocycles. The zero-order valence-corrected chi connectivity index (χ0v) is 18.8. The number of anilines is 1. The number of fused-ring (bicyclic) bond motifs is 1. The Labute approximate surface area is 202 Å². The van der Waals surface area contributed by atoms with Gasteiger partial charge in [-0.15, -0.1) is 0 Å². The van der Waals surface area contributed by atoms with Crippen molar-refractivity contribution in [1.29, 1.82) is 0 Å². The number of nitrogens with one attached hydrogen (secondary N) is 2. The molecular weight excluding hydrogens is 490 g/mol. The molecule has 34 heavy (non-hydrogen) atoms. The van der Waals surface area contributed by atoms with E-state index in [9.17, 15) is 9.18 Å². The van der Waals surface area contributed by atoms with Gasteiger partial charge in [-0.2, -0.15) is 10.1 Å². The molecule has 10 nitrogen and oxygen atoms in total. The van der Waals surface area contributed by atoms with E-state index in [4.69, 9.17) is 37.8 Å². The van der Waals surface area contributed by atoms with Crippen molar-refractivity contribution in [2.75, 3.05) is 25.1 Å². The van der Waals surface area contributed by atoms with E-state index in [1.165, 1.54) is 12.3 Å². The van der Waals surface area contributed by atoms with Crippen LogP contribution in [0.1, 0.15) is 0 Å². The highest BCUT2D eigenvalue weighted by molar-refractivity contribution is 6.39. The Morgan fingerprint density at radius 1 is 1.18 bits per heavy atom. The molecule has 0 aliphatic heterocycles. The van der Waals surface area contributed by atoms with E-state index < -0.39 is 17.8 Å². The molecule has 0 unspecified atom stereocenters. The summed E-state index contributed by atoms with van der Waals surface area (Å²) in [6.45, 7) is -0.491. The Kier molecular flexibility index (Phi) is 7.48. The van der Waals surface area contributed by atoms with Crippen molar-refractivity contribution in [2.24, 2.45) is 0 Å². The highest BCUT2D eigenvalue weighted by Crippen LogP contribution is 2.35. The molecule has 0 radical (unpaired) electrons. The molecule has 176 valence electrons. The van der Waals surface area contributed by atoms with Gasteiger partial charge in [0.25, 0.3) is 5.91 Å². The number of benzene rings is 1. The molecule has 0 spiro atoms. The van der Waals surface area contributed by atoms with Gasteiger partial charge in [0, 0.05) is 0 Å². The van der Waals surface area contributed by atoms with Gasteiger partial charge in [-0.25, -0.2) is 14.4 Å². The van der Waals surface area contributed by atoms with E-state index in [2.05, 4.69) is 30.5 Å². The summed E-state index contributed by atoms with van der Waals surface area (Å²) < 4.78 is 24.4. The number of halogens is 3. The first kappa shape index (κ1) is 23.8. The number of aromatic amines is 1. The number of aliphatic hydroxyl groups excluding tert-OH is 1. The fourth-order valence-electron chi connectivity index (χ4n) is 2.93. The van der Waals surface area contributed by atoms with Crippen molar-refractivity contribution >= 4 is 46.0 Å². The highest BCUT2D eigenvalue weighted by atomic mass is 35.5. The number of H-pyrrole nitrogens is 1. The second kappa shape index (κ2) is 10.7. The summed E-state index contributed by atoms with van der Waals surface area (Å²) in [7, 11) is 0. The van der Waals surface area contributed by atoms with Crippen LogP contribution in [0.4, 0.5) is 10.2 Å². The van der Waals surface area contributed by atoms with E-state index in [1.807, 2.05) is 0 Å². The van der Waals surface area contributed by atoms with Crippen LogP contribution in [0.3, 0.4) is 0 Å². The largest absolute Gasteiger partial charge is 0.461 e. The van der Waals surface area contributed by atoms with Crippen LogP contribution in [0, 0.1) is 5.82 Å². The fourth-order valence-corrected chi connectivity index (χ4v) is 3.50. The maximum atomic E-state index is 13.1. The summed E-state index contributed by atoms with van der Waals surface area (Å²) in [5.41, 5.74) is 0.701. The predicted octanol–water partition coefficient (Wildman–Crippen LogP) is 3.26. The molecule has 13 heteroatoms. The van der Waals surface area contributed by atoms with Gasteiger partial charge in [-0.3, -0.25) is 9.89 Å². The van der Waals surface area contributed by atoms with Crippen molar-refractivity contribution in [3.63, 3.8) is 0 Å². The minimum absolute atomic E-state index is 0.0181. The van der Waals surface area contributed by atoms with Crippen LogP contribution < -0.4 is 10.1 Å². The Morgan fingerprint density at radius 3 is 2.68 bits per heavy atom. The predicted molar refractivity (Wildman–Crippen MR) is 122 cm³/mol. The van der Waals surface area contributed by atoms with Crippen LogP contribution in [0.15, 0.2) is 42.7 Å². The molecule has 1 aromatic carbocycles. The van der Waals surface area contributed by atoms with Gasteiger partial charge in [-0.05, 0) is 24.3 Å². The zero-order chi connectivity index (χ0) is 24.1. The lowest BCUT2D eigenvalue weighted by atomic mass is 10.2. The molecule has 4 aromatic rings. The normalized spacial score (nSPS) is 12.0. The summed E-state index contributed by atoms with van der Waals surface area (Å²) in [6, 6.07) is 7.41. The monoisotopic (exact) mass is 506 g/mol. The van der Waals surface area contributed by atoms with Crippen LogP contribution in [0.2, 0.25) is 10.0 Å². The van der Waals surface area contributed by atoms with Crippen LogP contribution in [-0.2, 0) is 9.53 Å². The van der Waals surface area contributed by atoms with Crippen LogP contribution in [-0.4, -0.2) is 62.1 Å². The third-order valence-corrected chi connectivity index (χ3v) is 5.12. The second-order valence-corrected chi connectivity index (χ2v) is 7.65. The Balaban J connectivity index is 1.68. The van der Waals surface area contributed by atoms with Crippen molar-refractivity contribution in [2.45, 2.75) is 6.10 Å². The van der Waals surface area contributed by atoms with Gasteiger partial charge in [-0.1, -0.05) is 29.3 Å². The van der Waals surface area contributed by atoms with E-state index in [0.29, 0.717) is 26.6 Å². The average molecular weight is 507 g/mol. The summed E-state index contributed by atoms with van der Waals surface area (Å²) in [5.74, 6) is -0.903. The standard InChI is InChI=1S/C21H17Cl2FN6O4/c22-13-2-1-3-14(23)17(13)19-28-18-12(9-26-30-18)21(29-19)34-15(10-33-7-6-31)20(32)27-16-5-4-11(24)8-25-16/h1-5,8-9,15,31H,6-7,10H2,(H,25,27,32)(H,26,28,29,30)/t15-/m0/s1. The molecule has 1 atom stereocenters. The summed E-state index contributed by atoms with van der Waals surface area (Å²) in [6.07, 6.45) is 1.18. The SMILES string of the molecule is O=C(Nc1ccc(F)cn1)[C@H](COCCO)Oc1nc(-c2c(Cl)cccc2Cl)nc2[nH]ncc12. The Bertz CT molecular complexity index is 1280. The molecule has 3 N–H and O–H groups in total. The number of rotatable bonds is 9. The highest BCUT2D eigenvalue weighted by Gasteiger charge is 2.25. The minimum atomic E-state index is -1.22. The van der Waals surface area contributed by atoms with Crippen LogP contribution in [0.5, 0.6) is 5.88 Å². The van der Waals surface area contributed by atoms with Crippen molar-refractivity contribution < 1.29 is 23.8 Å². The van der Waals surface area contributed by atoms with Crippen molar-refractivity contribution in [1.82, 2.24) is 25.1 Å². The molecule has 0 aliphatic carbocycles. The molecule has 1 amide bonds. The first-order chi connectivity index (χ1) is 16.5. The number of aliphatic hydroxyl groups is 1. The maximum absolute atomic E-state index is 13.1. The number of nitrogens with zero attached hydrogens (tertiary/aromatic N) is 4. The number of aromatic nitrogens is 5. The van der Waals surface area contributed by atoms with Crippen molar-refractivity contribution in [3.8, 4) is 17.3 Å².